The molecule has 0 atom stereocenters. The van der Waals surface area contributed by atoms with Gasteiger partial charge >= 0.3 is 0 Å². The van der Waals surface area contributed by atoms with Crippen LogP contribution in [-0.4, -0.2) is 78.5 Å². The Morgan fingerprint density at radius 1 is 0.905 bits per heavy atom. The number of piperazine rings is 1. The van der Waals surface area contributed by atoms with Crippen molar-refractivity contribution in [3.63, 3.8) is 0 Å². The van der Waals surface area contributed by atoms with Gasteiger partial charge in [-0.25, -0.2) is 12.8 Å². The number of carbonyl (C=O) groups is 2. The number of aromatic nitrogens is 1. The zero-order chi connectivity index (χ0) is 29.7. The molecule has 42 heavy (non-hydrogen) atoms. The summed E-state index contributed by atoms with van der Waals surface area (Å²) in [5.41, 5.74) is 2.50. The highest BCUT2D eigenvalue weighted by molar-refractivity contribution is 7.89. The molecule has 3 aromatic rings. The molecule has 9 nitrogen and oxygen atoms in total. The normalized spacial score (nSPS) is 17.1. The second kappa shape index (κ2) is 12.9. The summed E-state index contributed by atoms with van der Waals surface area (Å²) in [6.45, 7) is 3.30. The largest absolute Gasteiger partial charge is 0.336 e. The molecule has 218 valence electrons. The van der Waals surface area contributed by atoms with E-state index in [2.05, 4.69) is 16.0 Å². The van der Waals surface area contributed by atoms with E-state index in [9.17, 15) is 22.4 Å². The number of hydrogen-bond acceptors (Lipinski definition) is 7. The lowest BCUT2D eigenvalue weighted by molar-refractivity contribution is 0.0696. The molecule has 3 heterocycles. The number of likely N-dealkylation sites (tertiary alicyclic amines) is 1. The molecule has 2 fully saturated rings. The Hall–Kier alpha value is -3.98. The number of sulfonamides is 1. The lowest BCUT2D eigenvalue weighted by Crippen LogP contribution is -2.50. The number of ketones is 1. The van der Waals surface area contributed by atoms with Crippen LogP contribution < -0.4 is 0 Å². The van der Waals surface area contributed by atoms with Crippen molar-refractivity contribution in [2.24, 2.45) is 5.92 Å². The first-order chi connectivity index (χ1) is 20.2. The van der Waals surface area contributed by atoms with E-state index in [0.717, 1.165) is 44.6 Å². The fraction of sp³-hybridized carbons (Fsp3) is 0.355. The fourth-order valence-electron chi connectivity index (χ4n) is 5.41. The predicted octanol–water partition coefficient (Wildman–Crippen LogP) is 3.72. The predicted molar refractivity (Wildman–Crippen MR) is 153 cm³/mol. The summed E-state index contributed by atoms with van der Waals surface area (Å²) in [5, 5.41) is 8.96. The molecule has 0 N–H and O–H groups in total. The monoisotopic (exact) mass is 589 g/mol. The molecule has 2 aliphatic rings. The SMILES string of the molecule is N#Cc1ccc(CN2CCC(CC(=O)c3ccc(C(=O)N4CCN(S(=O)(=O)c5ccc(F)cc5)CC4)cn3)CC2)cc1. The minimum absolute atomic E-state index is 0.0155. The summed E-state index contributed by atoms with van der Waals surface area (Å²) < 4.78 is 40.2. The Labute approximate surface area is 245 Å². The molecular formula is C31H32FN5O4S. The average Bonchev–Trinajstić information content (AvgIpc) is 3.02. The number of Topliss-reactive ketones (excluding diaryl/α,β-unsaturated/α-hetero) is 1. The van der Waals surface area contributed by atoms with Crippen LogP contribution in [0.3, 0.4) is 0 Å². The Morgan fingerprint density at radius 3 is 2.17 bits per heavy atom. The maximum atomic E-state index is 13.2. The molecule has 0 aliphatic carbocycles. The second-order valence-corrected chi connectivity index (χ2v) is 12.7. The van der Waals surface area contributed by atoms with Crippen LogP contribution in [-0.2, 0) is 16.6 Å². The van der Waals surface area contributed by atoms with Gasteiger partial charge in [-0.2, -0.15) is 9.57 Å². The van der Waals surface area contributed by atoms with E-state index in [-0.39, 0.29) is 48.7 Å². The van der Waals surface area contributed by atoms with Gasteiger partial charge in [0.25, 0.3) is 5.91 Å². The number of nitriles is 1. The smallest absolute Gasteiger partial charge is 0.255 e. The number of halogens is 1. The van der Waals surface area contributed by atoms with Gasteiger partial charge in [-0.15, -0.1) is 0 Å². The van der Waals surface area contributed by atoms with Crippen LogP contribution >= 0.6 is 0 Å². The number of carbonyl (C=O) groups excluding carboxylic acids is 2. The molecule has 11 heteroatoms. The van der Waals surface area contributed by atoms with Crippen molar-refractivity contribution in [2.75, 3.05) is 39.3 Å². The molecule has 2 saturated heterocycles. The molecule has 0 bridgehead atoms. The van der Waals surface area contributed by atoms with Crippen LogP contribution in [0.5, 0.6) is 0 Å². The third-order valence-electron chi connectivity index (χ3n) is 7.94. The summed E-state index contributed by atoms with van der Waals surface area (Å²) in [7, 11) is -3.77. The first-order valence-electron chi connectivity index (χ1n) is 14.0. The summed E-state index contributed by atoms with van der Waals surface area (Å²) in [6, 6.07) is 17.6. The molecule has 5 rings (SSSR count). The van der Waals surface area contributed by atoms with Gasteiger partial charge in [0.1, 0.15) is 11.5 Å². The summed E-state index contributed by atoms with van der Waals surface area (Å²) >= 11 is 0. The number of piperidine rings is 1. The fourth-order valence-corrected chi connectivity index (χ4v) is 6.84. The van der Waals surface area contributed by atoms with Gasteiger partial charge in [0.15, 0.2) is 5.78 Å². The number of nitrogens with zero attached hydrogens (tertiary/aromatic N) is 5. The third-order valence-corrected chi connectivity index (χ3v) is 9.86. The third kappa shape index (κ3) is 6.90. The number of benzene rings is 2. The van der Waals surface area contributed by atoms with Gasteiger partial charge in [-0.05, 0) is 85.9 Å². The van der Waals surface area contributed by atoms with Gasteiger partial charge in [0.2, 0.25) is 10.0 Å². The zero-order valence-corrected chi connectivity index (χ0v) is 24.0. The maximum Gasteiger partial charge on any atom is 0.255 e. The van der Waals surface area contributed by atoms with Crippen LogP contribution in [0.4, 0.5) is 4.39 Å². The van der Waals surface area contributed by atoms with Crippen molar-refractivity contribution in [3.05, 3.63) is 95.1 Å². The number of hydrogen-bond donors (Lipinski definition) is 0. The Bertz CT molecular complexity index is 1560. The molecular weight excluding hydrogens is 557 g/mol. The highest BCUT2D eigenvalue weighted by Crippen LogP contribution is 2.24. The zero-order valence-electron chi connectivity index (χ0n) is 23.2. The van der Waals surface area contributed by atoms with E-state index >= 15 is 0 Å². The van der Waals surface area contributed by atoms with Crippen molar-refractivity contribution >= 4 is 21.7 Å². The van der Waals surface area contributed by atoms with Crippen LogP contribution in [0, 0.1) is 23.1 Å². The first kappa shape index (κ1) is 29.5. The van der Waals surface area contributed by atoms with Crippen molar-refractivity contribution in [1.29, 1.82) is 5.26 Å². The Kier molecular flexibility index (Phi) is 9.06. The lowest BCUT2D eigenvalue weighted by Gasteiger charge is -2.34. The first-order valence-corrected chi connectivity index (χ1v) is 15.4. The van der Waals surface area contributed by atoms with E-state index < -0.39 is 15.8 Å². The molecule has 0 radical (unpaired) electrons. The number of rotatable bonds is 8. The quantitative estimate of drug-likeness (QED) is 0.368. The number of pyridine rings is 1. The van der Waals surface area contributed by atoms with Gasteiger partial charge in [-0.3, -0.25) is 19.5 Å². The van der Waals surface area contributed by atoms with E-state index in [1.807, 2.05) is 24.3 Å². The second-order valence-electron chi connectivity index (χ2n) is 10.7. The average molecular weight is 590 g/mol. The van der Waals surface area contributed by atoms with Gasteiger partial charge in [0, 0.05) is 45.3 Å². The Balaban J connectivity index is 1.08. The van der Waals surface area contributed by atoms with Crippen LogP contribution in [0.15, 0.2) is 71.8 Å². The van der Waals surface area contributed by atoms with Crippen LogP contribution in [0.1, 0.15) is 51.2 Å². The highest BCUT2D eigenvalue weighted by Gasteiger charge is 2.31. The Morgan fingerprint density at radius 2 is 1.57 bits per heavy atom. The molecule has 1 aromatic heterocycles. The summed E-state index contributed by atoms with van der Waals surface area (Å²) in [4.78, 5) is 34.2. The summed E-state index contributed by atoms with van der Waals surface area (Å²) in [6.07, 6.45) is 3.66. The highest BCUT2D eigenvalue weighted by atomic mass is 32.2. The number of amides is 1. The summed E-state index contributed by atoms with van der Waals surface area (Å²) in [5.74, 6) is -0.544. The lowest BCUT2D eigenvalue weighted by atomic mass is 9.90. The standard InChI is InChI=1S/C31H32FN5O4S/c32-27-6-8-28(9-7-27)42(40,41)37-17-15-36(16-18-37)31(39)26-5-10-29(34-21-26)30(38)19-23-11-13-35(14-12-23)22-25-3-1-24(20-33)2-4-25/h1-10,21,23H,11-19,22H2. The molecule has 0 unspecified atom stereocenters. The van der Waals surface area contributed by atoms with Crippen LogP contribution in [0.2, 0.25) is 0 Å². The van der Waals surface area contributed by atoms with E-state index in [4.69, 9.17) is 5.26 Å². The molecule has 1 amide bonds. The molecule has 2 aliphatic heterocycles. The van der Waals surface area contributed by atoms with E-state index in [0.29, 0.717) is 23.2 Å². The van der Waals surface area contributed by atoms with Crippen molar-refractivity contribution < 1.29 is 22.4 Å². The van der Waals surface area contributed by atoms with Gasteiger partial charge in [0.05, 0.1) is 22.1 Å². The van der Waals surface area contributed by atoms with Gasteiger partial charge in [-0.1, -0.05) is 12.1 Å². The molecule has 2 aromatic carbocycles. The maximum absolute atomic E-state index is 13.2. The topological polar surface area (TPSA) is 115 Å². The van der Waals surface area contributed by atoms with Crippen LogP contribution in [0.25, 0.3) is 0 Å². The van der Waals surface area contributed by atoms with Crippen molar-refractivity contribution in [3.8, 4) is 6.07 Å². The minimum Gasteiger partial charge on any atom is -0.336 e. The van der Waals surface area contributed by atoms with Crippen molar-refractivity contribution in [1.82, 2.24) is 19.1 Å². The molecule has 0 saturated carbocycles. The van der Waals surface area contributed by atoms with E-state index in [1.165, 1.54) is 28.2 Å². The van der Waals surface area contributed by atoms with E-state index in [1.54, 1.807) is 17.0 Å². The van der Waals surface area contributed by atoms with Gasteiger partial charge < -0.3 is 4.90 Å². The van der Waals surface area contributed by atoms with Crippen molar-refractivity contribution in [2.45, 2.75) is 30.7 Å². The minimum atomic E-state index is -3.77. The molecule has 0 spiro atoms.